The van der Waals surface area contributed by atoms with Gasteiger partial charge in [0.05, 0.1) is 0 Å². The zero-order chi connectivity index (χ0) is 11.4. The summed E-state index contributed by atoms with van der Waals surface area (Å²) in [7, 11) is 0. The van der Waals surface area contributed by atoms with Crippen LogP contribution in [0.1, 0.15) is 18.9 Å². The summed E-state index contributed by atoms with van der Waals surface area (Å²) in [6, 6.07) is 8.12. The van der Waals surface area contributed by atoms with Gasteiger partial charge in [0.1, 0.15) is 6.33 Å². The fourth-order valence-corrected chi connectivity index (χ4v) is 1.72. The summed E-state index contributed by atoms with van der Waals surface area (Å²) < 4.78 is 2.07. The molecule has 2 aromatic rings. The molecule has 1 aromatic heterocycles. The number of aromatic nitrogens is 3. The minimum atomic E-state index is 0.551. The summed E-state index contributed by atoms with van der Waals surface area (Å²) in [5.74, 6) is 0.914. The molecule has 0 spiro atoms. The smallest absolute Gasteiger partial charge is 0.163 e. The van der Waals surface area contributed by atoms with Crippen molar-refractivity contribution in [3.63, 3.8) is 0 Å². The third-order valence-corrected chi connectivity index (χ3v) is 2.50. The Morgan fingerprint density at radius 1 is 1.38 bits per heavy atom. The summed E-state index contributed by atoms with van der Waals surface area (Å²) in [6.07, 6.45) is 2.84. The molecule has 1 aromatic carbocycles. The third-order valence-electron chi connectivity index (χ3n) is 2.50. The molecule has 0 bridgehead atoms. The molecule has 4 heteroatoms. The molecule has 0 radical (unpaired) electrons. The Morgan fingerprint density at radius 2 is 2.25 bits per heavy atom. The van der Waals surface area contributed by atoms with Crippen molar-refractivity contribution >= 4 is 0 Å². The molecule has 0 unspecified atom stereocenters. The van der Waals surface area contributed by atoms with Crippen molar-refractivity contribution in [3.8, 4) is 11.4 Å². The lowest BCUT2D eigenvalue weighted by molar-refractivity contribution is 0.682. The van der Waals surface area contributed by atoms with Gasteiger partial charge in [0.2, 0.25) is 0 Å². The molecule has 0 aliphatic heterocycles. The van der Waals surface area contributed by atoms with Gasteiger partial charge in [-0.15, -0.1) is 10.2 Å². The normalized spacial score (nSPS) is 10.6. The highest BCUT2D eigenvalue weighted by Crippen LogP contribution is 2.18. The van der Waals surface area contributed by atoms with Gasteiger partial charge in [0.25, 0.3) is 0 Å². The van der Waals surface area contributed by atoms with E-state index in [0.29, 0.717) is 6.54 Å². The molecule has 4 nitrogen and oxygen atoms in total. The minimum absolute atomic E-state index is 0.551. The van der Waals surface area contributed by atoms with Crippen LogP contribution in [-0.4, -0.2) is 14.8 Å². The Hall–Kier alpha value is -1.68. The van der Waals surface area contributed by atoms with Crippen LogP contribution in [0.15, 0.2) is 30.6 Å². The second-order valence-electron chi connectivity index (χ2n) is 3.75. The molecular weight excluding hydrogens is 200 g/mol. The van der Waals surface area contributed by atoms with Crippen LogP contribution in [0, 0.1) is 0 Å². The number of rotatable bonds is 4. The number of hydrogen-bond donors (Lipinski definition) is 1. The van der Waals surface area contributed by atoms with Gasteiger partial charge in [-0.25, -0.2) is 0 Å². The molecule has 2 rings (SSSR count). The second kappa shape index (κ2) is 4.90. The monoisotopic (exact) mass is 216 g/mol. The first-order chi connectivity index (χ1) is 7.85. The molecule has 0 aliphatic carbocycles. The van der Waals surface area contributed by atoms with Crippen molar-refractivity contribution in [1.82, 2.24) is 14.8 Å². The lowest BCUT2D eigenvalue weighted by Crippen LogP contribution is -2.00. The van der Waals surface area contributed by atoms with E-state index in [1.54, 1.807) is 6.33 Å². The minimum Gasteiger partial charge on any atom is -0.326 e. The van der Waals surface area contributed by atoms with Crippen LogP contribution in [0.3, 0.4) is 0 Å². The SMILES string of the molecule is CCCn1cnnc1-c1cccc(CN)c1. The number of aryl methyl sites for hydroxylation is 1. The lowest BCUT2D eigenvalue weighted by Gasteiger charge is -2.05. The Bertz CT molecular complexity index is 462. The predicted octanol–water partition coefficient (Wildman–Crippen LogP) is 1.81. The maximum absolute atomic E-state index is 5.63. The quantitative estimate of drug-likeness (QED) is 0.848. The summed E-state index contributed by atoms with van der Waals surface area (Å²) in [5.41, 5.74) is 7.82. The van der Waals surface area contributed by atoms with E-state index in [1.165, 1.54) is 0 Å². The van der Waals surface area contributed by atoms with E-state index in [1.807, 2.05) is 18.2 Å². The Morgan fingerprint density at radius 3 is 3.00 bits per heavy atom. The van der Waals surface area contributed by atoms with E-state index in [-0.39, 0.29) is 0 Å². The molecule has 16 heavy (non-hydrogen) atoms. The van der Waals surface area contributed by atoms with Crippen LogP contribution in [0.5, 0.6) is 0 Å². The third kappa shape index (κ3) is 2.12. The van der Waals surface area contributed by atoms with Crippen molar-refractivity contribution < 1.29 is 0 Å². The van der Waals surface area contributed by atoms with Crippen LogP contribution in [0.2, 0.25) is 0 Å². The molecule has 84 valence electrons. The molecule has 0 saturated heterocycles. The Kier molecular flexibility index (Phi) is 3.31. The lowest BCUT2D eigenvalue weighted by atomic mass is 10.1. The summed E-state index contributed by atoms with van der Waals surface area (Å²) >= 11 is 0. The number of hydrogen-bond acceptors (Lipinski definition) is 3. The molecule has 1 heterocycles. The van der Waals surface area contributed by atoms with E-state index in [0.717, 1.165) is 29.9 Å². The van der Waals surface area contributed by atoms with Crippen LogP contribution in [-0.2, 0) is 13.1 Å². The Balaban J connectivity index is 2.37. The van der Waals surface area contributed by atoms with Crippen molar-refractivity contribution in [3.05, 3.63) is 36.2 Å². The number of nitrogens with two attached hydrogens (primary N) is 1. The molecule has 2 N–H and O–H groups in total. The first-order valence-electron chi connectivity index (χ1n) is 5.52. The molecule has 0 atom stereocenters. The Labute approximate surface area is 95.1 Å². The van der Waals surface area contributed by atoms with Crippen LogP contribution in [0.4, 0.5) is 0 Å². The molecular formula is C12H16N4. The van der Waals surface area contributed by atoms with E-state index >= 15 is 0 Å². The summed E-state index contributed by atoms with van der Waals surface area (Å²) in [6.45, 7) is 3.63. The van der Waals surface area contributed by atoms with E-state index < -0.39 is 0 Å². The maximum Gasteiger partial charge on any atom is 0.163 e. The fraction of sp³-hybridized carbons (Fsp3) is 0.333. The van der Waals surface area contributed by atoms with Crippen LogP contribution < -0.4 is 5.73 Å². The number of nitrogens with zero attached hydrogens (tertiary/aromatic N) is 3. The van der Waals surface area contributed by atoms with E-state index in [4.69, 9.17) is 5.73 Å². The van der Waals surface area contributed by atoms with Gasteiger partial charge < -0.3 is 10.3 Å². The number of benzene rings is 1. The van der Waals surface area contributed by atoms with Crippen LogP contribution >= 0.6 is 0 Å². The second-order valence-corrected chi connectivity index (χ2v) is 3.75. The average Bonchev–Trinajstić information content (AvgIpc) is 2.78. The molecule has 0 fully saturated rings. The standard InChI is InChI=1S/C12H16N4/c1-2-6-16-9-14-15-12(16)11-5-3-4-10(7-11)8-13/h3-5,7,9H,2,6,8,13H2,1H3. The van der Waals surface area contributed by atoms with Crippen molar-refractivity contribution in [2.24, 2.45) is 5.73 Å². The van der Waals surface area contributed by atoms with Crippen molar-refractivity contribution in [2.75, 3.05) is 0 Å². The van der Waals surface area contributed by atoms with Gasteiger partial charge in [0, 0.05) is 18.7 Å². The average molecular weight is 216 g/mol. The summed E-state index contributed by atoms with van der Waals surface area (Å²) in [5, 5.41) is 8.11. The van der Waals surface area contributed by atoms with Gasteiger partial charge in [-0.3, -0.25) is 0 Å². The summed E-state index contributed by atoms with van der Waals surface area (Å²) in [4.78, 5) is 0. The van der Waals surface area contributed by atoms with Gasteiger partial charge in [-0.2, -0.15) is 0 Å². The topological polar surface area (TPSA) is 56.7 Å². The van der Waals surface area contributed by atoms with Gasteiger partial charge >= 0.3 is 0 Å². The van der Waals surface area contributed by atoms with Gasteiger partial charge in [-0.1, -0.05) is 25.1 Å². The van der Waals surface area contributed by atoms with E-state index in [9.17, 15) is 0 Å². The highest BCUT2D eigenvalue weighted by Gasteiger charge is 2.06. The predicted molar refractivity (Wildman–Crippen MR) is 63.6 cm³/mol. The van der Waals surface area contributed by atoms with Crippen LogP contribution in [0.25, 0.3) is 11.4 Å². The van der Waals surface area contributed by atoms with Gasteiger partial charge in [0.15, 0.2) is 5.82 Å². The molecule has 0 saturated carbocycles. The first kappa shape index (κ1) is 10.8. The van der Waals surface area contributed by atoms with Gasteiger partial charge in [-0.05, 0) is 18.1 Å². The highest BCUT2D eigenvalue weighted by molar-refractivity contribution is 5.56. The zero-order valence-electron chi connectivity index (χ0n) is 9.43. The zero-order valence-corrected chi connectivity index (χ0v) is 9.43. The maximum atomic E-state index is 5.63. The molecule has 0 aliphatic rings. The fourth-order valence-electron chi connectivity index (χ4n) is 1.72. The largest absolute Gasteiger partial charge is 0.326 e. The van der Waals surface area contributed by atoms with Crippen molar-refractivity contribution in [1.29, 1.82) is 0 Å². The van der Waals surface area contributed by atoms with Crippen molar-refractivity contribution in [2.45, 2.75) is 26.4 Å². The first-order valence-corrected chi connectivity index (χ1v) is 5.52. The highest BCUT2D eigenvalue weighted by atomic mass is 15.3. The van der Waals surface area contributed by atoms with E-state index in [2.05, 4.69) is 27.8 Å². The molecule has 0 amide bonds.